The van der Waals surface area contributed by atoms with Gasteiger partial charge in [0.25, 0.3) is 0 Å². The molecule has 1 aromatic carbocycles. The lowest BCUT2D eigenvalue weighted by molar-refractivity contribution is -0.132. The third-order valence-corrected chi connectivity index (χ3v) is 6.72. The molecule has 3 heterocycles. The van der Waals surface area contributed by atoms with Crippen molar-refractivity contribution in [3.8, 4) is 0 Å². The Bertz CT molecular complexity index is 1120. The van der Waals surface area contributed by atoms with Crippen LogP contribution in [0.4, 0.5) is 0 Å². The largest absolute Gasteiger partial charge is 0.342 e. The summed E-state index contributed by atoms with van der Waals surface area (Å²) in [4.78, 5) is 27.5. The zero-order valence-electron chi connectivity index (χ0n) is 17.8. The van der Waals surface area contributed by atoms with Gasteiger partial charge in [-0.15, -0.1) is 10.2 Å². The molecule has 1 fully saturated rings. The summed E-state index contributed by atoms with van der Waals surface area (Å²) in [6.07, 6.45) is 9.04. The summed E-state index contributed by atoms with van der Waals surface area (Å²) in [5.74, 6) is 1.22. The van der Waals surface area contributed by atoms with Crippen LogP contribution < -0.4 is 0 Å². The third kappa shape index (κ3) is 4.11. The molecule has 1 unspecified atom stereocenters. The Labute approximate surface area is 182 Å². The lowest BCUT2D eigenvalue weighted by Crippen LogP contribution is -2.39. The molecule has 5 rings (SSSR count). The second kappa shape index (κ2) is 8.61. The summed E-state index contributed by atoms with van der Waals surface area (Å²) in [5, 5.41) is 8.63. The van der Waals surface area contributed by atoms with E-state index in [9.17, 15) is 9.59 Å². The molecule has 0 bridgehead atoms. The number of ketones is 1. The molecular weight excluding hydrogens is 388 g/mol. The van der Waals surface area contributed by atoms with Crippen LogP contribution in [0, 0.1) is 0 Å². The molecule has 31 heavy (non-hydrogen) atoms. The zero-order valence-corrected chi connectivity index (χ0v) is 17.8. The number of nitrogens with zero attached hydrogens (tertiary/aromatic N) is 4. The van der Waals surface area contributed by atoms with Gasteiger partial charge in [-0.05, 0) is 67.9 Å². The van der Waals surface area contributed by atoms with Crippen LogP contribution in [0.15, 0.2) is 42.6 Å². The highest BCUT2D eigenvalue weighted by Gasteiger charge is 2.28. The predicted molar refractivity (Wildman–Crippen MR) is 118 cm³/mol. The zero-order chi connectivity index (χ0) is 21.2. The molecule has 1 atom stereocenters. The van der Waals surface area contributed by atoms with Gasteiger partial charge in [0.1, 0.15) is 5.82 Å². The molecule has 1 saturated heterocycles. The number of aromatic nitrogens is 3. The number of carbonyl (C=O) groups is 2. The van der Waals surface area contributed by atoms with Gasteiger partial charge in [-0.2, -0.15) is 0 Å². The number of amides is 1. The molecule has 0 saturated carbocycles. The molecule has 1 aliphatic carbocycles. The summed E-state index contributed by atoms with van der Waals surface area (Å²) in [6, 6.07) is 11.9. The minimum atomic E-state index is 0.0600. The quantitative estimate of drug-likeness (QED) is 0.590. The number of piperidine rings is 1. The SMILES string of the molecule is O=C(CCC(=O)N1CCCC(c2nnc3ccccn23)C1)c1ccc2c(c1)CCCC2. The van der Waals surface area contributed by atoms with Crippen molar-refractivity contribution in [2.45, 2.75) is 57.3 Å². The van der Waals surface area contributed by atoms with Crippen LogP contribution in [0.3, 0.4) is 0 Å². The minimum Gasteiger partial charge on any atom is -0.342 e. The van der Waals surface area contributed by atoms with Gasteiger partial charge in [-0.25, -0.2) is 0 Å². The Morgan fingerprint density at radius 3 is 2.74 bits per heavy atom. The van der Waals surface area contributed by atoms with Crippen LogP contribution >= 0.6 is 0 Å². The van der Waals surface area contributed by atoms with Gasteiger partial charge in [0, 0.05) is 43.6 Å². The van der Waals surface area contributed by atoms with E-state index in [2.05, 4.69) is 22.3 Å². The molecular formula is C25H28N4O2. The standard InChI is InChI=1S/C25H28N4O2/c30-22(20-11-10-18-6-1-2-7-19(18)16-20)12-13-24(31)28-14-5-8-21(17-28)25-27-26-23-9-3-4-15-29(23)25/h3-4,9-11,15-16,21H,1-2,5-8,12-14,17H2. The molecule has 0 N–H and O–H groups in total. The average Bonchev–Trinajstić information content (AvgIpc) is 3.26. The molecule has 3 aromatic rings. The Kier molecular flexibility index (Phi) is 5.53. The van der Waals surface area contributed by atoms with Crippen molar-refractivity contribution in [1.29, 1.82) is 0 Å². The van der Waals surface area contributed by atoms with Crippen molar-refractivity contribution in [2.75, 3.05) is 13.1 Å². The fourth-order valence-corrected chi connectivity index (χ4v) is 4.98. The van der Waals surface area contributed by atoms with E-state index < -0.39 is 0 Å². The summed E-state index contributed by atoms with van der Waals surface area (Å²) in [6.45, 7) is 1.39. The lowest BCUT2D eigenvalue weighted by atomic mass is 9.89. The van der Waals surface area contributed by atoms with Gasteiger partial charge >= 0.3 is 0 Å². The topological polar surface area (TPSA) is 67.6 Å². The number of likely N-dealkylation sites (tertiary alicyclic amines) is 1. The monoisotopic (exact) mass is 416 g/mol. The van der Waals surface area contributed by atoms with Crippen LogP contribution in [0.5, 0.6) is 0 Å². The van der Waals surface area contributed by atoms with Crippen molar-refractivity contribution in [2.24, 2.45) is 0 Å². The van der Waals surface area contributed by atoms with Crippen molar-refractivity contribution < 1.29 is 9.59 Å². The molecule has 160 valence electrons. The van der Waals surface area contributed by atoms with Crippen molar-refractivity contribution in [3.63, 3.8) is 0 Å². The smallest absolute Gasteiger partial charge is 0.223 e. The number of hydrogen-bond donors (Lipinski definition) is 0. The first-order valence-corrected chi connectivity index (χ1v) is 11.4. The van der Waals surface area contributed by atoms with Crippen molar-refractivity contribution in [3.05, 3.63) is 65.1 Å². The molecule has 1 aliphatic heterocycles. The van der Waals surface area contributed by atoms with Crippen LogP contribution in [0.1, 0.15) is 71.8 Å². The van der Waals surface area contributed by atoms with Gasteiger partial charge in [0.2, 0.25) is 5.91 Å². The van der Waals surface area contributed by atoms with Crippen molar-refractivity contribution >= 4 is 17.3 Å². The maximum atomic E-state index is 12.9. The molecule has 1 amide bonds. The van der Waals surface area contributed by atoms with E-state index in [-0.39, 0.29) is 30.4 Å². The second-order valence-electron chi connectivity index (χ2n) is 8.78. The van der Waals surface area contributed by atoms with E-state index in [1.807, 2.05) is 39.8 Å². The first-order chi connectivity index (χ1) is 15.2. The number of carbonyl (C=O) groups excluding carboxylic acids is 2. The number of pyridine rings is 1. The number of aryl methyl sites for hydroxylation is 2. The van der Waals surface area contributed by atoms with Gasteiger partial charge in [-0.1, -0.05) is 18.2 Å². The van der Waals surface area contributed by atoms with E-state index >= 15 is 0 Å². The third-order valence-electron chi connectivity index (χ3n) is 6.72. The van der Waals surface area contributed by atoms with Gasteiger partial charge in [0.15, 0.2) is 11.4 Å². The molecule has 6 heteroatoms. The highest BCUT2D eigenvalue weighted by atomic mass is 16.2. The van der Waals surface area contributed by atoms with Crippen molar-refractivity contribution in [1.82, 2.24) is 19.5 Å². The fourth-order valence-electron chi connectivity index (χ4n) is 4.98. The first-order valence-electron chi connectivity index (χ1n) is 11.4. The second-order valence-corrected chi connectivity index (χ2v) is 8.78. The Morgan fingerprint density at radius 1 is 0.968 bits per heavy atom. The Hall–Kier alpha value is -3.02. The molecule has 6 nitrogen and oxygen atoms in total. The minimum absolute atomic E-state index is 0.0600. The molecule has 0 spiro atoms. The lowest BCUT2D eigenvalue weighted by Gasteiger charge is -2.32. The van der Waals surface area contributed by atoms with E-state index in [0.717, 1.165) is 49.3 Å². The first kappa shape index (κ1) is 19.9. The van der Waals surface area contributed by atoms with E-state index in [1.165, 1.54) is 24.0 Å². The van der Waals surface area contributed by atoms with E-state index in [0.29, 0.717) is 6.54 Å². The Morgan fingerprint density at radius 2 is 1.84 bits per heavy atom. The summed E-state index contributed by atoms with van der Waals surface area (Å²) in [5.41, 5.74) is 4.26. The van der Waals surface area contributed by atoms with Crippen LogP contribution in [0.25, 0.3) is 5.65 Å². The molecule has 0 radical (unpaired) electrons. The van der Waals surface area contributed by atoms with Crippen LogP contribution in [0.2, 0.25) is 0 Å². The fraction of sp³-hybridized carbons (Fsp3) is 0.440. The summed E-state index contributed by atoms with van der Waals surface area (Å²) < 4.78 is 2.01. The number of hydrogen-bond acceptors (Lipinski definition) is 4. The molecule has 2 aromatic heterocycles. The van der Waals surface area contributed by atoms with E-state index in [1.54, 1.807) is 0 Å². The number of rotatable bonds is 5. The molecule has 2 aliphatic rings. The maximum Gasteiger partial charge on any atom is 0.223 e. The highest BCUT2D eigenvalue weighted by Crippen LogP contribution is 2.27. The number of Topliss-reactive ketones (excluding diaryl/α,β-unsaturated/α-hetero) is 1. The summed E-state index contributed by atoms with van der Waals surface area (Å²) >= 11 is 0. The van der Waals surface area contributed by atoms with Crippen LogP contribution in [-0.2, 0) is 17.6 Å². The average molecular weight is 417 g/mol. The predicted octanol–water partition coefficient (Wildman–Crippen LogP) is 3.98. The van der Waals surface area contributed by atoms with Gasteiger partial charge in [0.05, 0.1) is 0 Å². The highest BCUT2D eigenvalue weighted by molar-refractivity contribution is 5.98. The normalized spacial score (nSPS) is 18.7. The Balaban J connectivity index is 1.21. The van der Waals surface area contributed by atoms with E-state index in [4.69, 9.17) is 0 Å². The van der Waals surface area contributed by atoms with Gasteiger partial charge in [-0.3, -0.25) is 14.0 Å². The maximum absolute atomic E-state index is 12.9. The number of fused-ring (bicyclic) bond motifs is 2. The number of benzene rings is 1. The van der Waals surface area contributed by atoms with Crippen LogP contribution in [-0.4, -0.2) is 44.3 Å². The van der Waals surface area contributed by atoms with Gasteiger partial charge < -0.3 is 4.90 Å². The summed E-state index contributed by atoms with van der Waals surface area (Å²) in [7, 11) is 0.